The molecule has 0 aliphatic heterocycles. The van der Waals surface area contributed by atoms with Crippen molar-refractivity contribution in [3.8, 4) is 23.0 Å². The van der Waals surface area contributed by atoms with Crippen LogP contribution in [0.5, 0.6) is 23.0 Å². The van der Waals surface area contributed by atoms with E-state index in [9.17, 15) is 18.3 Å². The first kappa shape index (κ1) is 34.8. The minimum absolute atomic E-state index is 0.135. The van der Waals surface area contributed by atoms with Crippen molar-refractivity contribution < 1.29 is 32.5 Å². The topological polar surface area (TPSA) is 160 Å². The zero-order valence-electron chi connectivity index (χ0n) is 28.0. The Balaban J connectivity index is 1.39. The van der Waals surface area contributed by atoms with Gasteiger partial charge in [0, 0.05) is 34.8 Å². The average Bonchev–Trinajstić information content (AvgIpc) is 3.04. The second kappa shape index (κ2) is 14.3. The molecule has 0 spiro atoms. The number of benzene rings is 4. The predicted octanol–water partition coefficient (Wildman–Crippen LogP) is 7.59. The van der Waals surface area contributed by atoms with Gasteiger partial charge in [0.05, 0.1) is 44.1 Å². The normalized spacial score (nSPS) is 11.5. The number of urea groups is 1. The molecule has 0 aliphatic carbocycles. The molecule has 0 radical (unpaired) electrons. The maximum absolute atomic E-state index is 13.4. The highest BCUT2D eigenvalue weighted by Crippen LogP contribution is 2.40. The quantitative estimate of drug-likeness (QED) is 0.0944. The molecule has 5 aromatic rings. The molecule has 0 aliphatic rings. The lowest BCUT2D eigenvalue weighted by Gasteiger charge is -2.24. The molecule has 13 heteroatoms. The predicted molar refractivity (Wildman–Crippen MR) is 193 cm³/mol. The van der Waals surface area contributed by atoms with Crippen LogP contribution in [0.3, 0.4) is 0 Å². The van der Waals surface area contributed by atoms with Gasteiger partial charge in [-0.3, -0.25) is 4.72 Å². The van der Waals surface area contributed by atoms with Crippen molar-refractivity contribution >= 4 is 55.4 Å². The molecule has 0 unspecified atom stereocenters. The average molecular weight is 686 g/mol. The minimum Gasteiger partial charge on any atom is -0.497 e. The molecule has 2 amide bonds. The van der Waals surface area contributed by atoms with E-state index in [1.165, 1.54) is 7.11 Å². The summed E-state index contributed by atoms with van der Waals surface area (Å²) in [6.45, 7) is 5.81. The molecule has 1 aromatic heterocycles. The molecule has 49 heavy (non-hydrogen) atoms. The van der Waals surface area contributed by atoms with Crippen molar-refractivity contribution in [2.24, 2.45) is 0 Å². The number of amides is 2. The van der Waals surface area contributed by atoms with Gasteiger partial charge in [0.15, 0.2) is 5.75 Å². The first-order valence-electron chi connectivity index (χ1n) is 15.3. The maximum Gasteiger partial charge on any atom is 0.323 e. The number of nitrogens with one attached hydrogen (secondary N) is 4. The number of methoxy groups -OCH3 is 2. The molecule has 5 rings (SSSR count). The van der Waals surface area contributed by atoms with Crippen LogP contribution in [0.4, 0.5) is 33.4 Å². The zero-order valence-corrected chi connectivity index (χ0v) is 28.9. The molecule has 1 heterocycles. The van der Waals surface area contributed by atoms with Gasteiger partial charge >= 0.3 is 6.03 Å². The fourth-order valence-electron chi connectivity index (χ4n) is 5.16. The Kier molecular flexibility index (Phi) is 10.2. The first-order valence-corrected chi connectivity index (χ1v) is 17.1. The number of anilines is 5. The lowest BCUT2D eigenvalue weighted by Crippen LogP contribution is -2.22. The number of aromatic nitrogens is 1. The number of carbonyl (C=O) groups excluding carboxylic acids is 1. The number of hydrogen-bond donors (Lipinski definition) is 5. The Labute approximate surface area is 285 Å². The van der Waals surface area contributed by atoms with Crippen molar-refractivity contribution in [1.29, 1.82) is 0 Å². The molecule has 4 aromatic carbocycles. The molecule has 256 valence electrons. The highest BCUT2D eigenvalue weighted by atomic mass is 32.2. The lowest BCUT2D eigenvalue weighted by atomic mass is 9.86. The van der Waals surface area contributed by atoms with Gasteiger partial charge in [-0.15, -0.1) is 0 Å². The Bertz CT molecular complexity index is 2090. The van der Waals surface area contributed by atoms with E-state index in [-0.39, 0.29) is 23.5 Å². The van der Waals surface area contributed by atoms with Crippen LogP contribution in [-0.4, -0.2) is 45.0 Å². The van der Waals surface area contributed by atoms with Crippen LogP contribution in [0, 0.1) is 0 Å². The van der Waals surface area contributed by atoms with E-state index in [4.69, 9.17) is 14.2 Å². The number of sulfonamides is 1. The standard InChI is InChI=1S/C36H39N5O7S/c1-36(2,3)23-17-30(34(47-5)31(18-23)41-49(6,44)45)40-35(43)39-29-11-12-32(28-10-8-7-9-27(28)29)48-25-13-14-37-33(20-25)38-24-15-22(21-42)16-26(19-24)46-4/h7-20,41-42H,21H2,1-6H3,(H,37,38)(H2,39,40,43). The van der Waals surface area contributed by atoms with Gasteiger partial charge < -0.3 is 35.3 Å². The Morgan fingerprint density at radius 2 is 1.55 bits per heavy atom. The molecule has 0 fully saturated rings. The molecule has 0 saturated heterocycles. The van der Waals surface area contributed by atoms with Gasteiger partial charge in [0.1, 0.15) is 23.1 Å². The Morgan fingerprint density at radius 3 is 2.22 bits per heavy atom. The monoisotopic (exact) mass is 685 g/mol. The van der Waals surface area contributed by atoms with Crippen LogP contribution in [0.15, 0.2) is 85.1 Å². The molecule has 0 saturated carbocycles. The van der Waals surface area contributed by atoms with Crippen LogP contribution < -0.4 is 34.9 Å². The molecule has 0 bridgehead atoms. The Morgan fingerprint density at radius 1 is 0.837 bits per heavy atom. The highest BCUT2D eigenvalue weighted by Gasteiger charge is 2.22. The number of aliphatic hydroxyl groups is 1. The molecule has 5 N–H and O–H groups in total. The molecule has 12 nitrogen and oxygen atoms in total. The van der Waals surface area contributed by atoms with Crippen molar-refractivity contribution in [3.63, 3.8) is 0 Å². The van der Waals surface area contributed by atoms with Gasteiger partial charge in [-0.2, -0.15) is 0 Å². The summed E-state index contributed by atoms with van der Waals surface area (Å²) in [7, 11) is -0.664. The highest BCUT2D eigenvalue weighted by molar-refractivity contribution is 7.92. The SMILES string of the molecule is COc1cc(CO)cc(Nc2cc(Oc3ccc(NC(=O)Nc4cc(C(C)(C)C)cc(NS(C)(=O)=O)c4OC)c4ccccc34)ccn2)c1. The number of carbonyl (C=O) groups is 1. The number of rotatable bonds is 11. The summed E-state index contributed by atoms with van der Waals surface area (Å²) in [6.07, 6.45) is 2.67. The third-order valence-corrected chi connectivity index (χ3v) is 8.04. The summed E-state index contributed by atoms with van der Waals surface area (Å²) in [6, 6.07) is 22.7. The van der Waals surface area contributed by atoms with E-state index in [1.54, 1.807) is 67.9 Å². The van der Waals surface area contributed by atoms with E-state index < -0.39 is 16.1 Å². The van der Waals surface area contributed by atoms with Crippen molar-refractivity contribution in [2.75, 3.05) is 41.1 Å². The fourth-order valence-corrected chi connectivity index (χ4v) is 5.71. The van der Waals surface area contributed by atoms with Crippen LogP contribution in [-0.2, 0) is 22.0 Å². The van der Waals surface area contributed by atoms with Crippen LogP contribution in [0.1, 0.15) is 31.9 Å². The van der Waals surface area contributed by atoms with Gasteiger partial charge in [0.2, 0.25) is 10.0 Å². The van der Waals surface area contributed by atoms with Crippen molar-refractivity contribution in [3.05, 3.63) is 96.2 Å². The van der Waals surface area contributed by atoms with E-state index >= 15 is 0 Å². The second-order valence-electron chi connectivity index (χ2n) is 12.3. The molecular weight excluding hydrogens is 646 g/mol. The number of ether oxygens (including phenoxy) is 3. The summed E-state index contributed by atoms with van der Waals surface area (Å²) in [4.78, 5) is 17.8. The van der Waals surface area contributed by atoms with E-state index in [2.05, 4.69) is 25.7 Å². The summed E-state index contributed by atoms with van der Waals surface area (Å²) < 4.78 is 43.9. The van der Waals surface area contributed by atoms with Gasteiger partial charge in [-0.05, 0) is 59.0 Å². The number of fused-ring (bicyclic) bond motifs is 1. The van der Waals surface area contributed by atoms with Crippen LogP contribution in [0.25, 0.3) is 10.8 Å². The van der Waals surface area contributed by atoms with Gasteiger partial charge in [0.25, 0.3) is 0 Å². The third kappa shape index (κ3) is 8.69. The zero-order chi connectivity index (χ0) is 35.3. The summed E-state index contributed by atoms with van der Waals surface area (Å²) in [5.74, 6) is 2.37. The largest absolute Gasteiger partial charge is 0.497 e. The van der Waals surface area contributed by atoms with E-state index in [0.29, 0.717) is 45.7 Å². The Hall–Kier alpha value is -5.53. The summed E-state index contributed by atoms with van der Waals surface area (Å²) >= 11 is 0. The van der Waals surface area contributed by atoms with Crippen LogP contribution in [0.2, 0.25) is 0 Å². The fraction of sp³-hybridized carbons (Fsp3) is 0.222. The maximum atomic E-state index is 13.4. The van der Waals surface area contributed by atoms with Gasteiger partial charge in [-0.25, -0.2) is 18.2 Å². The van der Waals surface area contributed by atoms with E-state index in [1.807, 2.05) is 45.0 Å². The number of nitrogens with zero attached hydrogens (tertiary/aromatic N) is 1. The van der Waals surface area contributed by atoms with Crippen molar-refractivity contribution in [1.82, 2.24) is 4.98 Å². The third-order valence-electron chi connectivity index (χ3n) is 7.45. The summed E-state index contributed by atoms with van der Waals surface area (Å²) in [5.41, 5.74) is 2.85. The van der Waals surface area contributed by atoms with Crippen molar-refractivity contribution in [2.45, 2.75) is 32.8 Å². The minimum atomic E-state index is -3.63. The smallest absolute Gasteiger partial charge is 0.323 e. The second-order valence-corrected chi connectivity index (χ2v) is 14.0. The number of aliphatic hydroxyl groups excluding tert-OH is 1. The summed E-state index contributed by atoms with van der Waals surface area (Å²) in [5, 5.41) is 20.0. The first-order chi connectivity index (χ1) is 23.3. The van der Waals surface area contributed by atoms with E-state index in [0.717, 1.165) is 22.6 Å². The van der Waals surface area contributed by atoms with Crippen LogP contribution >= 0.6 is 0 Å². The lowest BCUT2D eigenvalue weighted by molar-refractivity contribution is 0.262. The molecule has 0 atom stereocenters. The number of hydrogen-bond acceptors (Lipinski definition) is 9. The van der Waals surface area contributed by atoms with Gasteiger partial charge in [-0.1, -0.05) is 45.0 Å². The number of pyridine rings is 1. The molecular formula is C36H39N5O7S.